The highest BCUT2D eigenvalue weighted by atomic mass is 16.5. The number of hydrogen-bond donors (Lipinski definition) is 2. The minimum Gasteiger partial charge on any atom is -0.491 e. The molecule has 21 heavy (non-hydrogen) atoms. The van der Waals surface area contributed by atoms with Crippen molar-refractivity contribution in [3.8, 4) is 5.75 Å². The second-order valence-electron chi connectivity index (χ2n) is 5.36. The van der Waals surface area contributed by atoms with Crippen molar-refractivity contribution in [1.29, 1.82) is 0 Å². The van der Waals surface area contributed by atoms with E-state index in [1.165, 1.54) is 5.56 Å². The Morgan fingerprint density at radius 1 is 1.05 bits per heavy atom. The summed E-state index contributed by atoms with van der Waals surface area (Å²) in [7, 11) is 0. The molecule has 1 aromatic carbocycles. The summed E-state index contributed by atoms with van der Waals surface area (Å²) in [5.41, 5.74) is 1.19. The summed E-state index contributed by atoms with van der Waals surface area (Å²) in [4.78, 5) is 0. The summed E-state index contributed by atoms with van der Waals surface area (Å²) in [6.07, 6.45) is 0.186. The molecular formula is C17H23NO3. The van der Waals surface area contributed by atoms with Gasteiger partial charge in [-0.1, -0.05) is 12.1 Å². The van der Waals surface area contributed by atoms with Gasteiger partial charge >= 0.3 is 0 Å². The van der Waals surface area contributed by atoms with Gasteiger partial charge in [-0.05, 0) is 50.6 Å². The number of nitrogens with one attached hydrogen (secondary N) is 1. The fraction of sp³-hybridized carbons (Fsp3) is 0.412. The van der Waals surface area contributed by atoms with Gasteiger partial charge in [-0.25, -0.2) is 0 Å². The van der Waals surface area contributed by atoms with Crippen LogP contribution in [0.1, 0.15) is 43.9 Å². The Hall–Kier alpha value is -1.78. The van der Waals surface area contributed by atoms with Crippen LogP contribution in [0.15, 0.2) is 40.8 Å². The molecule has 4 nitrogen and oxygen atoms in total. The molecule has 2 N–H and O–H groups in total. The molecular weight excluding hydrogens is 266 g/mol. The van der Waals surface area contributed by atoms with Crippen molar-refractivity contribution in [3.05, 3.63) is 53.5 Å². The monoisotopic (exact) mass is 289 g/mol. The molecule has 1 heterocycles. The van der Waals surface area contributed by atoms with Gasteiger partial charge in [0.25, 0.3) is 0 Å². The van der Waals surface area contributed by atoms with E-state index in [1.54, 1.807) is 6.07 Å². The van der Waals surface area contributed by atoms with E-state index in [-0.39, 0.29) is 18.8 Å². The van der Waals surface area contributed by atoms with E-state index in [1.807, 2.05) is 32.0 Å². The predicted octanol–water partition coefficient (Wildman–Crippen LogP) is 3.41. The Bertz CT molecular complexity index is 545. The van der Waals surface area contributed by atoms with Crippen molar-refractivity contribution in [3.63, 3.8) is 0 Å². The molecule has 0 aliphatic rings. The molecule has 1 aromatic heterocycles. The van der Waals surface area contributed by atoms with Crippen LogP contribution in [0.2, 0.25) is 0 Å². The highest BCUT2D eigenvalue weighted by molar-refractivity contribution is 5.29. The van der Waals surface area contributed by atoms with Gasteiger partial charge in [0, 0.05) is 6.04 Å². The second kappa shape index (κ2) is 7.29. The zero-order valence-electron chi connectivity index (χ0n) is 12.8. The zero-order chi connectivity index (χ0) is 15.2. The van der Waals surface area contributed by atoms with E-state index in [0.29, 0.717) is 12.3 Å². The molecule has 0 bridgehead atoms. The lowest BCUT2D eigenvalue weighted by atomic mass is 10.1. The maximum Gasteiger partial charge on any atom is 0.129 e. The van der Waals surface area contributed by atoms with Gasteiger partial charge in [-0.3, -0.25) is 0 Å². The number of aliphatic hydroxyl groups is 1. The lowest BCUT2D eigenvalue weighted by Gasteiger charge is -2.15. The largest absolute Gasteiger partial charge is 0.491 e. The molecule has 0 aliphatic heterocycles. The van der Waals surface area contributed by atoms with E-state index in [9.17, 15) is 0 Å². The lowest BCUT2D eigenvalue weighted by Crippen LogP contribution is -2.17. The smallest absolute Gasteiger partial charge is 0.129 e. The highest BCUT2D eigenvalue weighted by Crippen LogP contribution is 2.19. The van der Waals surface area contributed by atoms with Gasteiger partial charge in [0.05, 0.1) is 12.6 Å². The van der Waals surface area contributed by atoms with Crippen LogP contribution < -0.4 is 10.1 Å². The average molecular weight is 289 g/mol. The van der Waals surface area contributed by atoms with Crippen LogP contribution in [-0.4, -0.2) is 11.2 Å². The van der Waals surface area contributed by atoms with Crippen molar-refractivity contribution in [2.75, 3.05) is 0 Å². The van der Waals surface area contributed by atoms with Crippen LogP contribution in [0.4, 0.5) is 0 Å². The molecule has 2 aromatic rings. The molecule has 1 atom stereocenters. The molecule has 0 saturated heterocycles. The minimum absolute atomic E-state index is 0.0626. The van der Waals surface area contributed by atoms with Crippen LogP contribution in [0.3, 0.4) is 0 Å². The fourth-order valence-electron chi connectivity index (χ4n) is 2.08. The maximum atomic E-state index is 8.97. The Balaban J connectivity index is 1.89. The number of hydrogen-bond acceptors (Lipinski definition) is 4. The van der Waals surface area contributed by atoms with Gasteiger partial charge in [0.1, 0.15) is 23.9 Å². The van der Waals surface area contributed by atoms with Gasteiger partial charge in [0.15, 0.2) is 0 Å². The van der Waals surface area contributed by atoms with Gasteiger partial charge in [0.2, 0.25) is 0 Å². The first-order chi connectivity index (χ1) is 10.1. The number of rotatable bonds is 7. The summed E-state index contributed by atoms with van der Waals surface area (Å²) >= 11 is 0. The molecule has 2 rings (SSSR count). The first-order valence-electron chi connectivity index (χ1n) is 7.27. The van der Waals surface area contributed by atoms with Gasteiger partial charge < -0.3 is 19.6 Å². The first kappa shape index (κ1) is 15.6. The second-order valence-corrected chi connectivity index (χ2v) is 5.36. The Morgan fingerprint density at radius 2 is 1.71 bits per heavy atom. The van der Waals surface area contributed by atoms with Crippen molar-refractivity contribution < 1.29 is 14.3 Å². The van der Waals surface area contributed by atoms with Crippen molar-refractivity contribution in [2.24, 2.45) is 0 Å². The van der Waals surface area contributed by atoms with Crippen LogP contribution in [0.5, 0.6) is 5.75 Å². The van der Waals surface area contributed by atoms with E-state index in [4.69, 9.17) is 14.3 Å². The summed E-state index contributed by atoms with van der Waals surface area (Å²) in [6, 6.07) is 12.0. The van der Waals surface area contributed by atoms with Crippen LogP contribution in [0, 0.1) is 0 Å². The SMILES string of the molecule is CC(C)Oc1ccc(C(C)NCc2ccc(CO)o2)cc1. The van der Waals surface area contributed by atoms with E-state index < -0.39 is 0 Å². The van der Waals surface area contributed by atoms with Crippen molar-refractivity contribution in [1.82, 2.24) is 5.32 Å². The summed E-state index contributed by atoms with van der Waals surface area (Å²) < 4.78 is 11.1. The summed E-state index contributed by atoms with van der Waals surface area (Å²) in [5, 5.41) is 12.4. The number of furan rings is 1. The Morgan fingerprint density at radius 3 is 2.29 bits per heavy atom. The quantitative estimate of drug-likeness (QED) is 0.820. The summed E-state index contributed by atoms with van der Waals surface area (Å²) in [6.45, 7) is 6.71. The topological polar surface area (TPSA) is 54.6 Å². The molecule has 1 unspecified atom stereocenters. The van der Waals surface area contributed by atoms with Crippen LogP contribution >= 0.6 is 0 Å². The maximum absolute atomic E-state index is 8.97. The van der Waals surface area contributed by atoms with Gasteiger partial charge in [-0.2, -0.15) is 0 Å². The van der Waals surface area contributed by atoms with E-state index in [0.717, 1.165) is 11.5 Å². The average Bonchev–Trinajstić information content (AvgIpc) is 2.93. The third-order valence-electron chi connectivity index (χ3n) is 3.21. The Kier molecular flexibility index (Phi) is 5.42. The van der Waals surface area contributed by atoms with E-state index in [2.05, 4.69) is 24.4 Å². The third-order valence-corrected chi connectivity index (χ3v) is 3.21. The normalized spacial score (nSPS) is 12.6. The number of aliphatic hydroxyl groups excluding tert-OH is 1. The van der Waals surface area contributed by atoms with E-state index >= 15 is 0 Å². The molecule has 0 spiro atoms. The minimum atomic E-state index is -0.0626. The van der Waals surface area contributed by atoms with Gasteiger partial charge in [-0.15, -0.1) is 0 Å². The highest BCUT2D eigenvalue weighted by Gasteiger charge is 2.07. The lowest BCUT2D eigenvalue weighted by molar-refractivity contribution is 0.242. The fourth-order valence-corrected chi connectivity index (χ4v) is 2.08. The van der Waals surface area contributed by atoms with Crippen LogP contribution in [-0.2, 0) is 13.2 Å². The molecule has 114 valence electrons. The molecule has 0 saturated carbocycles. The standard InChI is InChI=1S/C17H23NO3/c1-12(2)20-15-6-4-14(5-7-15)13(3)18-10-16-8-9-17(11-19)21-16/h4-9,12-13,18-19H,10-11H2,1-3H3. The molecule has 0 fully saturated rings. The Labute approximate surface area is 125 Å². The van der Waals surface area contributed by atoms with Crippen molar-refractivity contribution >= 4 is 0 Å². The third kappa shape index (κ3) is 4.62. The molecule has 0 radical (unpaired) electrons. The number of ether oxygens (including phenoxy) is 1. The zero-order valence-corrected chi connectivity index (χ0v) is 12.8. The molecule has 4 heteroatoms. The molecule has 0 amide bonds. The van der Waals surface area contributed by atoms with Crippen molar-refractivity contribution in [2.45, 2.75) is 46.1 Å². The molecule has 0 aliphatic carbocycles. The van der Waals surface area contributed by atoms with Crippen LogP contribution in [0.25, 0.3) is 0 Å². The summed E-state index contributed by atoms with van der Waals surface area (Å²) in [5.74, 6) is 2.31. The first-order valence-corrected chi connectivity index (χ1v) is 7.27. The predicted molar refractivity (Wildman–Crippen MR) is 82.1 cm³/mol. The number of benzene rings is 1.